The van der Waals surface area contributed by atoms with Gasteiger partial charge in [0, 0.05) is 31.6 Å². The Balaban J connectivity index is 1.49. The van der Waals surface area contributed by atoms with Crippen molar-refractivity contribution in [3.8, 4) is 5.75 Å². The molecular weight excluding hydrogens is 300 g/mol. The highest BCUT2D eigenvalue weighted by molar-refractivity contribution is 5.81. The molecule has 1 heterocycles. The van der Waals surface area contributed by atoms with Crippen LogP contribution in [0.2, 0.25) is 0 Å². The van der Waals surface area contributed by atoms with Gasteiger partial charge in [-0.3, -0.25) is 4.79 Å². The van der Waals surface area contributed by atoms with Crippen molar-refractivity contribution in [2.24, 2.45) is 11.8 Å². The maximum atomic E-state index is 12.2. The third-order valence-corrected chi connectivity index (χ3v) is 4.98. The standard InChI is InChI=1S/C20H30N2O2/c1-14(2)24-18-6-4-5-16(11-18)12-21-19-9-10-22(13-15(19)3)20(23)17-7-8-17/h4-6,11,14-15,17,19,21H,7-10,12-13H2,1-3H3/t15-,19+/m1/s1. The third kappa shape index (κ3) is 4.50. The smallest absolute Gasteiger partial charge is 0.225 e. The van der Waals surface area contributed by atoms with Crippen LogP contribution in [0.4, 0.5) is 0 Å². The van der Waals surface area contributed by atoms with Crippen molar-refractivity contribution in [2.75, 3.05) is 13.1 Å². The van der Waals surface area contributed by atoms with Crippen molar-refractivity contribution in [2.45, 2.75) is 58.7 Å². The molecule has 2 aliphatic rings. The summed E-state index contributed by atoms with van der Waals surface area (Å²) in [6.45, 7) is 8.98. The van der Waals surface area contributed by atoms with Gasteiger partial charge in [0.05, 0.1) is 6.10 Å². The van der Waals surface area contributed by atoms with E-state index in [0.717, 1.165) is 44.6 Å². The van der Waals surface area contributed by atoms with E-state index >= 15 is 0 Å². The summed E-state index contributed by atoms with van der Waals surface area (Å²) in [6.07, 6.45) is 3.43. The highest BCUT2D eigenvalue weighted by Crippen LogP contribution is 2.32. The summed E-state index contributed by atoms with van der Waals surface area (Å²) in [7, 11) is 0. The minimum Gasteiger partial charge on any atom is -0.491 e. The number of rotatable bonds is 6. The zero-order valence-corrected chi connectivity index (χ0v) is 15.1. The quantitative estimate of drug-likeness (QED) is 0.871. The summed E-state index contributed by atoms with van der Waals surface area (Å²) in [4.78, 5) is 14.3. The van der Waals surface area contributed by atoms with E-state index < -0.39 is 0 Å². The molecule has 1 N–H and O–H groups in total. The van der Waals surface area contributed by atoms with Gasteiger partial charge in [-0.2, -0.15) is 0 Å². The first kappa shape index (κ1) is 17.3. The fourth-order valence-corrected chi connectivity index (χ4v) is 3.49. The minimum absolute atomic E-state index is 0.196. The van der Waals surface area contributed by atoms with E-state index in [-0.39, 0.29) is 6.10 Å². The average molecular weight is 330 g/mol. The predicted octanol–water partition coefficient (Wildman–Crippen LogP) is 3.21. The van der Waals surface area contributed by atoms with Crippen LogP contribution < -0.4 is 10.1 Å². The van der Waals surface area contributed by atoms with Crippen molar-refractivity contribution in [3.63, 3.8) is 0 Å². The second-order valence-corrected chi connectivity index (χ2v) is 7.63. The molecule has 1 aromatic carbocycles. The van der Waals surface area contributed by atoms with Crippen LogP contribution in [0.25, 0.3) is 0 Å². The highest BCUT2D eigenvalue weighted by Gasteiger charge is 2.36. The van der Waals surface area contributed by atoms with Crippen molar-refractivity contribution in [1.82, 2.24) is 10.2 Å². The van der Waals surface area contributed by atoms with Gasteiger partial charge in [0.25, 0.3) is 0 Å². The molecule has 2 atom stereocenters. The second-order valence-electron chi connectivity index (χ2n) is 7.63. The van der Waals surface area contributed by atoms with Crippen molar-refractivity contribution >= 4 is 5.91 Å². The van der Waals surface area contributed by atoms with Crippen LogP contribution >= 0.6 is 0 Å². The van der Waals surface area contributed by atoms with Gasteiger partial charge in [-0.15, -0.1) is 0 Å². The minimum atomic E-state index is 0.196. The molecule has 3 rings (SSSR count). The topological polar surface area (TPSA) is 41.6 Å². The lowest BCUT2D eigenvalue weighted by Gasteiger charge is -2.37. The number of ether oxygens (including phenoxy) is 1. The Kier molecular flexibility index (Phi) is 5.44. The lowest BCUT2D eigenvalue weighted by Crippen LogP contribution is -2.50. The summed E-state index contributed by atoms with van der Waals surface area (Å²) in [5.41, 5.74) is 1.25. The predicted molar refractivity (Wildman–Crippen MR) is 95.9 cm³/mol. The molecule has 0 aromatic heterocycles. The summed E-state index contributed by atoms with van der Waals surface area (Å²) < 4.78 is 5.76. The molecular formula is C20H30N2O2. The van der Waals surface area contributed by atoms with Gasteiger partial charge in [0.1, 0.15) is 5.75 Å². The Morgan fingerprint density at radius 1 is 1.33 bits per heavy atom. The number of amides is 1. The maximum absolute atomic E-state index is 12.2. The van der Waals surface area contributed by atoms with Crippen molar-refractivity contribution < 1.29 is 9.53 Å². The van der Waals surface area contributed by atoms with Crippen LogP contribution in [0, 0.1) is 11.8 Å². The van der Waals surface area contributed by atoms with Crippen molar-refractivity contribution in [3.05, 3.63) is 29.8 Å². The van der Waals surface area contributed by atoms with Gasteiger partial charge < -0.3 is 15.0 Å². The van der Waals surface area contributed by atoms with Crippen molar-refractivity contribution in [1.29, 1.82) is 0 Å². The first-order valence-electron chi connectivity index (χ1n) is 9.30. The number of piperidine rings is 1. The number of hydrogen-bond donors (Lipinski definition) is 1. The second kappa shape index (κ2) is 7.56. The van der Waals surface area contributed by atoms with E-state index in [9.17, 15) is 4.79 Å². The van der Waals surface area contributed by atoms with Gasteiger partial charge >= 0.3 is 0 Å². The highest BCUT2D eigenvalue weighted by atomic mass is 16.5. The summed E-state index contributed by atoms with van der Waals surface area (Å²) in [5.74, 6) is 2.16. The lowest BCUT2D eigenvalue weighted by atomic mass is 9.93. The molecule has 24 heavy (non-hydrogen) atoms. The number of nitrogens with zero attached hydrogens (tertiary/aromatic N) is 1. The normalized spacial score (nSPS) is 24.2. The number of carbonyl (C=O) groups is 1. The van der Waals surface area contributed by atoms with Gasteiger partial charge in [0.15, 0.2) is 0 Å². The molecule has 2 fully saturated rings. The van der Waals surface area contributed by atoms with Crippen LogP contribution in [0.5, 0.6) is 5.75 Å². The molecule has 0 bridgehead atoms. The molecule has 1 saturated heterocycles. The fourth-order valence-electron chi connectivity index (χ4n) is 3.49. The molecule has 1 saturated carbocycles. The maximum Gasteiger partial charge on any atom is 0.225 e. The molecule has 132 valence electrons. The molecule has 0 spiro atoms. The summed E-state index contributed by atoms with van der Waals surface area (Å²) in [5, 5.41) is 3.68. The number of benzene rings is 1. The summed E-state index contributed by atoms with van der Waals surface area (Å²) >= 11 is 0. The lowest BCUT2D eigenvalue weighted by molar-refractivity contribution is -0.134. The van der Waals surface area contributed by atoms with Crippen LogP contribution in [0.15, 0.2) is 24.3 Å². The molecule has 1 aromatic rings. The van der Waals surface area contributed by atoms with Crippen LogP contribution in [-0.2, 0) is 11.3 Å². The largest absolute Gasteiger partial charge is 0.491 e. The third-order valence-electron chi connectivity index (χ3n) is 4.98. The van der Waals surface area contributed by atoms with E-state index in [0.29, 0.717) is 23.8 Å². The number of likely N-dealkylation sites (tertiary alicyclic amines) is 1. The van der Waals surface area contributed by atoms with Crippen LogP contribution in [0.1, 0.15) is 45.6 Å². The summed E-state index contributed by atoms with van der Waals surface area (Å²) in [6, 6.07) is 8.78. The Morgan fingerprint density at radius 2 is 2.12 bits per heavy atom. The Labute approximate surface area is 145 Å². The SMILES string of the molecule is CC(C)Oc1cccc(CN[C@H]2CCN(C(=O)C3CC3)C[C@H]2C)c1. The molecule has 4 nitrogen and oxygen atoms in total. The molecule has 0 radical (unpaired) electrons. The van der Waals surface area contributed by atoms with Crippen LogP contribution in [-0.4, -0.2) is 36.0 Å². The van der Waals surface area contributed by atoms with E-state index in [1.807, 2.05) is 19.9 Å². The monoisotopic (exact) mass is 330 g/mol. The molecule has 1 amide bonds. The fraction of sp³-hybridized carbons (Fsp3) is 0.650. The molecule has 4 heteroatoms. The van der Waals surface area contributed by atoms with E-state index in [2.05, 4.69) is 35.3 Å². The van der Waals surface area contributed by atoms with Gasteiger partial charge in [-0.25, -0.2) is 0 Å². The van der Waals surface area contributed by atoms with E-state index in [1.165, 1.54) is 5.56 Å². The first-order chi connectivity index (χ1) is 11.5. The number of nitrogens with one attached hydrogen (secondary N) is 1. The van der Waals surface area contributed by atoms with Gasteiger partial charge in [-0.1, -0.05) is 19.1 Å². The Morgan fingerprint density at radius 3 is 2.79 bits per heavy atom. The Bertz CT molecular complexity index is 569. The zero-order valence-electron chi connectivity index (χ0n) is 15.1. The van der Waals surface area contributed by atoms with Gasteiger partial charge in [0.2, 0.25) is 5.91 Å². The number of hydrogen-bond acceptors (Lipinski definition) is 3. The van der Waals surface area contributed by atoms with E-state index in [1.54, 1.807) is 0 Å². The number of carbonyl (C=O) groups excluding carboxylic acids is 1. The average Bonchev–Trinajstić information content (AvgIpc) is 3.37. The molecule has 0 unspecified atom stereocenters. The zero-order chi connectivity index (χ0) is 17.1. The van der Waals surface area contributed by atoms with Crippen LogP contribution in [0.3, 0.4) is 0 Å². The van der Waals surface area contributed by atoms with Gasteiger partial charge in [-0.05, 0) is 56.7 Å². The molecule has 1 aliphatic heterocycles. The first-order valence-corrected chi connectivity index (χ1v) is 9.30. The Hall–Kier alpha value is -1.55. The molecule has 1 aliphatic carbocycles. The van der Waals surface area contributed by atoms with E-state index in [4.69, 9.17) is 4.74 Å².